The van der Waals surface area contributed by atoms with Crippen molar-refractivity contribution < 1.29 is 27.1 Å². The predicted molar refractivity (Wildman–Crippen MR) is 104 cm³/mol. The number of nitrogens with zero attached hydrogens (tertiary/aromatic N) is 4. The van der Waals surface area contributed by atoms with Crippen molar-refractivity contribution in [2.45, 2.75) is 25.6 Å². The van der Waals surface area contributed by atoms with Gasteiger partial charge in [-0.1, -0.05) is 12.1 Å². The molecule has 3 aromatic rings. The number of carbonyl (C=O) groups is 1. The van der Waals surface area contributed by atoms with E-state index in [-0.39, 0.29) is 25.4 Å². The fourth-order valence-corrected chi connectivity index (χ4v) is 3.61. The van der Waals surface area contributed by atoms with E-state index in [4.69, 9.17) is 10.5 Å². The number of hydrogen-bond acceptors (Lipinski definition) is 5. The van der Waals surface area contributed by atoms with Gasteiger partial charge >= 0.3 is 6.18 Å². The molecule has 164 valence electrons. The lowest BCUT2D eigenvalue weighted by molar-refractivity contribution is -0.237. The van der Waals surface area contributed by atoms with Crippen molar-refractivity contribution in [3.8, 4) is 11.1 Å². The lowest BCUT2D eigenvalue weighted by Crippen LogP contribution is -2.48. The van der Waals surface area contributed by atoms with Gasteiger partial charge in [0, 0.05) is 36.8 Å². The molecule has 1 aliphatic heterocycles. The summed E-state index contributed by atoms with van der Waals surface area (Å²) in [7, 11) is 0. The molecule has 2 aromatic heterocycles. The quantitative estimate of drug-likeness (QED) is 0.621. The number of ether oxygens (including phenoxy) is 1. The number of benzene rings is 1. The molecule has 2 N–H and O–H groups in total. The van der Waals surface area contributed by atoms with Gasteiger partial charge in [-0.25, -0.2) is 14.1 Å². The molecular formula is C20H19F4N5O2. The maximum absolute atomic E-state index is 13.0. The standard InChI is InChI=1S/C20H19F4N5O2/c21-11-29-9-13(7-26-29)15-6-17(19(25)30)27-16-5-12(1-2-14(15)16)8-28-3-4-31-18(10-28)20(22,23)24/h1-2,5-7,9,18H,3-4,8,10-11H2,(H2,25,30)/t18-/m1/s1. The minimum atomic E-state index is -4.42. The molecule has 0 saturated carbocycles. The Labute approximate surface area is 174 Å². The SMILES string of the molecule is NC(=O)c1cc(-c2cnn(CF)c2)c2ccc(CN3CCO[C@@H](C(F)(F)F)C3)cc2n1. The van der Waals surface area contributed by atoms with Crippen molar-refractivity contribution in [1.29, 1.82) is 0 Å². The lowest BCUT2D eigenvalue weighted by Gasteiger charge is -2.33. The van der Waals surface area contributed by atoms with E-state index in [2.05, 4.69) is 10.1 Å². The van der Waals surface area contributed by atoms with Gasteiger partial charge in [-0.3, -0.25) is 9.69 Å². The summed E-state index contributed by atoms with van der Waals surface area (Å²) in [6.45, 7) is -0.431. The number of aromatic nitrogens is 3. The van der Waals surface area contributed by atoms with Crippen LogP contribution in [0.25, 0.3) is 22.0 Å². The van der Waals surface area contributed by atoms with Gasteiger partial charge in [-0.05, 0) is 23.3 Å². The number of pyridine rings is 1. The minimum Gasteiger partial charge on any atom is -0.366 e. The van der Waals surface area contributed by atoms with E-state index in [0.717, 1.165) is 10.2 Å². The van der Waals surface area contributed by atoms with E-state index in [9.17, 15) is 22.4 Å². The van der Waals surface area contributed by atoms with Crippen molar-refractivity contribution in [3.63, 3.8) is 0 Å². The first-order chi connectivity index (χ1) is 14.7. The highest BCUT2D eigenvalue weighted by Crippen LogP contribution is 2.30. The number of fused-ring (bicyclic) bond motifs is 1. The third-order valence-corrected chi connectivity index (χ3v) is 5.12. The molecule has 0 aliphatic carbocycles. The average Bonchev–Trinajstić information content (AvgIpc) is 3.21. The molecule has 1 aliphatic rings. The van der Waals surface area contributed by atoms with Gasteiger partial charge in [0.05, 0.1) is 18.3 Å². The Hall–Kier alpha value is -3.05. The second kappa shape index (κ2) is 8.23. The molecule has 1 fully saturated rings. The molecule has 7 nitrogen and oxygen atoms in total. The number of rotatable bonds is 5. The Bertz CT molecular complexity index is 1110. The van der Waals surface area contributed by atoms with E-state index < -0.39 is 25.0 Å². The summed E-state index contributed by atoms with van der Waals surface area (Å²) in [5.41, 5.74) is 7.82. The highest BCUT2D eigenvalue weighted by atomic mass is 19.4. The van der Waals surface area contributed by atoms with E-state index >= 15 is 0 Å². The van der Waals surface area contributed by atoms with Gasteiger partial charge in [0.1, 0.15) is 5.69 Å². The van der Waals surface area contributed by atoms with E-state index in [0.29, 0.717) is 28.6 Å². The summed E-state index contributed by atoms with van der Waals surface area (Å²) >= 11 is 0. The fourth-order valence-electron chi connectivity index (χ4n) is 3.61. The number of nitrogens with two attached hydrogens (primary N) is 1. The number of halogens is 4. The fraction of sp³-hybridized carbons (Fsp3) is 0.350. The Morgan fingerprint density at radius 1 is 1.29 bits per heavy atom. The first kappa shape index (κ1) is 21.2. The number of alkyl halides is 4. The molecule has 0 radical (unpaired) electrons. The maximum Gasteiger partial charge on any atom is 0.415 e. The molecule has 1 atom stereocenters. The van der Waals surface area contributed by atoms with E-state index in [1.807, 2.05) is 0 Å². The van der Waals surface area contributed by atoms with E-state index in [1.54, 1.807) is 23.1 Å². The molecule has 4 rings (SSSR count). The molecule has 31 heavy (non-hydrogen) atoms. The molecule has 1 saturated heterocycles. The molecule has 1 amide bonds. The van der Waals surface area contributed by atoms with Crippen LogP contribution in [0.3, 0.4) is 0 Å². The summed E-state index contributed by atoms with van der Waals surface area (Å²) in [5, 5.41) is 4.59. The van der Waals surface area contributed by atoms with Crippen molar-refractivity contribution in [1.82, 2.24) is 19.7 Å². The summed E-state index contributed by atoms with van der Waals surface area (Å²) in [6.07, 6.45) is -3.27. The van der Waals surface area contributed by atoms with Crippen LogP contribution in [0.1, 0.15) is 16.1 Å². The van der Waals surface area contributed by atoms with Crippen LogP contribution in [0.5, 0.6) is 0 Å². The normalized spacial score (nSPS) is 17.9. The van der Waals surface area contributed by atoms with Crippen molar-refractivity contribution in [2.24, 2.45) is 5.73 Å². The van der Waals surface area contributed by atoms with Crippen LogP contribution < -0.4 is 5.73 Å². The van der Waals surface area contributed by atoms with Crippen molar-refractivity contribution >= 4 is 16.8 Å². The number of amides is 1. The van der Waals surface area contributed by atoms with Crippen LogP contribution in [-0.4, -0.2) is 57.5 Å². The first-order valence-corrected chi connectivity index (χ1v) is 9.47. The average molecular weight is 437 g/mol. The number of carbonyl (C=O) groups excluding carboxylic acids is 1. The monoisotopic (exact) mass is 437 g/mol. The number of primary amides is 1. The van der Waals surface area contributed by atoms with Crippen molar-refractivity contribution in [3.05, 3.63) is 47.9 Å². The van der Waals surface area contributed by atoms with Gasteiger partial charge in [0.15, 0.2) is 12.9 Å². The number of hydrogen-bond donors (Lipinski definition) is 1. The van der Waals surface area contributed by atoms with E-state index in [1.165, 1.54) is 18.5 Å². The van der Waals surface area contributed by atoms with Gasteiger partial charge < -0.3 is 10.5 Å². The van der Waals surface area contributed by atoms with Gasteiger partial charge in [-0.15, -0.1) is 0 Å². The first-order valence-electron chi connectivity index (χ1n) is 9.47. The Morgan fingerprint density at radius 3 is 2.77 bits per heavy atom. The van der Waals surface area contributed by atoms with Crippen LogP contribution in [0.15, 0.2) is 36.7 Å². The molecule has 0 spiro atoms. The predicted octanol–water partition coefficient (Wildman–Crippen LogP) is 2.89. The zero-order chi connectivity index (χ0) is 22.2. The largest absolute Gasteiger partial charge is 0.415 e. The molecule has 0 unspecified atom stereocenters. The summed E-state index contributed by atoms with van der Waals surface area (Å²) < 4.78 is 57.8. The molecule has 11 heteroatoms. The third-order valence-electron chi connectivity index (χ3n) is 5.12. The Kier molecular flexibility index (Phi) is 5.63. The zero-order valence-corrected chi connectivity index (χ0v) is 16.3. The van der Waals surface area contributed by atoms with Crippen LogP contribution >= 0.6 is 0 Å². The molecule has 0 bridgehead atoms. The zero-order valence-electron chi connectivity index (χ0n) is 16.3. The Morgan fingerprint density at radius 2 is 2.10 bits per heavy atom. The van der Waals surface area contributed by atoms with Gasteiger partial charge in [0.25, 0.3) is 5.91 Å². The minimum absolute atomic E-state index is 0.00938. The third kappa shape index (κ3) is 4.52. The van der Waals surface area contributed by atoms with Gasteiger partial charge in [-0.2, -0.15) is 18.3 Å². The summed E-state index contributed by atoms with van der Waals surface area (Å²) in [6, 6.07) is 6.78. The molecular weight excluding hydrogens is 418 g/mol. The topological polar surface area (TPSA) is 86.3 Å². The second-order valence-electron chi connectivity index (χ2n) is 7.29. The molecule has 1 aromatic carbocycles. The van der Waals surface area contributed by atoms with Crippen LogP contribution in [0, 0.1) is 0 Å². The summed E-state index contributed by atoms with van der Waals surface area (Å²) in [5.74, 6) is -0.729. The van der Waals surface area contributed by atoms with Crippen LogP contribution in [0.2, 0.25) is 0 Å². The number of morpholine rings is 1. The highest BCUT2D eigenvalue weighted by Gasteiger charge is 2.43. The smallest absolute Gasteiger partial charge is 0.366 e. The molecule has 3 heterocycles. The van der Waals surface area contributed by atoms with Crippen LogP contribution in [0.4, 0.5) is 17.6 Å². The second-order valence-corrected chi connectivity index (χ2v) is 7.29. The Balaban J connectivity index is 1.67. The maximum atomic E-state index is 13.0. The van der Waals surface area contributed by atoms with Crippen molar-refractivity contribution in [2.75, 3.05) is 19.7 Å². The van der Waals surface area contributed by atoms with Gasteiger partial charge in [0.2, 0.25) is 0 Å². The lowest BCUT2D eigenvalue weighted by atomic mass is 10.0. The highest BCUT2D eigenvalue weighted by molar-refractivity contribution is 6.00. The van der Waals surface area contributed by atoms with Crippen LogP contribution in [-0.2, 0) is 18.1 Å². The summed E-state index contributed by atoms with van der Waals surface area (Å²) in [4.78, 5) is 17.7.